The summed E-state index contributed by atoms with van der Waals surface area (Å²) in [5.41, 5.74) is 3.50. The molecule has 3 rings (SSSR count). The van der Waals surface area contributed by atoms with E-state index in [4.69, 9.17) is 0 Å². The first-order valence-electron chi connectivity index (χ1n) is 7.36. The van der Waals surface area contributed by atoms with Gasteiger partial charge in [0.25, 0.3) is 0 Å². The molecule has 0 aromatic heterocycles. The third-order valence-electron chi connectivity index (χ3n) is 5.72. The molecule has 2 aliphatic carbocycles. The molecule has 2 atom stereocenters. The molecule has 0 bridgehead atoms. The smallest absolute Gasteiger partial charge is 0.130 e. The van der Waals surface area contributed by atoms with Gasteiger partial charge in [-0.1, -0.05) is 27.2 Å². The van der Waals surface area contributed by atoms with E-state index >= 15 is 0 Å². The van der Waals surface area contributed by atoms with Gasteiger partial charge < -0.3 is 5.11 Å². The van der Waals surface area contributed by atoms with E-state index in [1.807, 2.05) is 6.07 Å². The highest BCUT2D eigenvalue weighted by molar-refractivity contribution is 9.10. The monoisotopic (exact) mass is 322 g/mol. The number of phenols is 1. The van der Waals surface area contributed by atoms with Gasteiger partial charge in [0.15, 0.2) is 0 Å². The van der Waals surface area contributed by atoms with Crippen LogP contribution in [0.25, 0.3) is 0 Å². The summed E-state index contributed by atoms with van der Waals surface area (Å²) in [6.45, 7) is 7.28. The molecule has 1 aromatic carbocycles. The standard InChI is InChI=1S/C17H23BrO/c1-16(2)7-4-8-17(3)12-10-14(19)13(18)9-11(12)5-6-15(16)17/h9-10,15,19H,4-8H2,1-3H3/t15?,17-/m1/s1. The Bertz CT molecular complexity index is 520. The van der Waals surface area contributed by atoms with Crippen molar-refractivity contribution >= 4 is 15.9 Å². The summed E-state index contributed by atoms with van der Waals surface area (Å²) in [6.07, 6.45) is 6.34. The first kappa shape index (κ1) is 13.5. The SMILES string of the molecule is CC1(C)CCC[C@]2(C)c3cc(O)c(Br)cc3CCC12. The van der Waals surface area contributed by atoms with Crippen molar-refractivity contribution in [1.82, 2.24) is 0 Å². The van der Waals surface area contributed by atoms with Crippen LogP contribution in [0.1, 0.15) is 57.6 Å². The second kappa shape index (κ2) is 4.25. The molecule has 0 heterocycles. The predicted octanol–water partition coefficient (Wildman–Crippen LogP) is 5.18. The zero-order chi connectivity index (χ0) is 13.8. The molecule has 2 heteroatoms. The molecule has 104 valence electrons. The Morgan fingerprint density at radius 2 is 1.95 bits per heavy atom. The summed E-state index contributed by atoms with van der Waals surface area (Å²) in [7, 11) is 0. The molecule has 0 aliphatic heterocycles. The van der Waals surface area contributed by atoms with E-state index in [1.165, 1.54) is 36.8 Å². The number of halogens is 1. The van der Waals surface area contributed by atoms with Gasteiger partial charge in [0, 0.05) is 0 Å². The quantitative estimate of drug-likeness (QED) is 0.697. The van der Waals surface area contributed by atoms with E-state index in [1.54, 1.807) is 0 Å². The Morgan fingerprint density at radius 1 is 1.21 bits per heavy atom. The Morgan fingerprint density at radius 3 is 2.68 bits per heavy atom. The van der Waals surface area contributed by atoms with Crippen molar-refractivity contribution < 1.29 is 5.11 Å². The van der Waals surface area contributed by atoms with E-state index in [-0.39, 0.29) is 5.41 Å². The minimum absolute atomic E-state index is 0.244. The molecular formula is C17H23BrO. The van der Waals surface area contributed by atoms with E-state index in [0.717, 1.165) is 16.8 Å². The number of aryl methyl sites for hydroxylation is 1. The van der Waals surface area contributed by atoms with E-state index in [0.29, 0.717) is 11.2 Å². The van der Waals surface area contributed by atoms with E-state index in [9.17, 15) is 5.11 Å². The summed E-state index contributed by atoms with van der Waals surface area (Å²) in [5.74, 6) is 1.13. The molecule has 2 aliphatic rings. The molecule has 0 saturated heterocycles. The van der Waals surface area contributed by atoms with Crippen molar-refractivity contribution in [1.29, 1.82) is 0 Å². The lowest BCUT2D eigenvalue weighted by atomic mass is 9.50. The van der Waals surface area contributed by atoms with Gasteiger partial charge in [-0.2, -0.15) is 0 Å². The van der Waals surface area contributed by atoms with Gasteiger partial charge >= 0.3 is 0 Å². The Hall–Kier alpha value is -0.500. The van der Waals surface area contributed by atoms with E-state index < -0.39 is 0 Å². The fourth-order valence-corrected chi connectivity index (χ4v) is 5.19. The maximum absolute atomic E-state index is 10.1. The first-order chi connectivity index (χ1) is 8.84. The summed E-state index contributed by atoms with van der Waals surface area (Å²) >= 11 is 3.45. The van der Waals surface area contributed by atoms with Crippen molar-refractivity contribution in [3.05, 3.63) is 27.7 Å². The van der Waals surface area contributed by atoms with Crippen LogP contribution in [0.15, 0.2) is 16.6 Å². The van der Waals surface area contributed by atoms with Gasteiger partial charge in [0.2, 0.25) is 0 Å². The molecule has 0 spiro atoms. The number of benzene rings is 1. The maximum atomic E-state index is 10.1. The zero-order valence-corrected chi connectivity index (χ0v) is 13.7. The molecule has 1 nitrogen and oxygen atoms in total. The van der Waals surface area contributed by atoms with Crippen LogP contribution in [-0.2, 0) is 11.8 Å². The van der Waals surface area contributed by atoms with Gasteiger partial charge in [-0.25, -0.2) is 0 Å². The number of aromatic hydroxyl groups is 1. The molecule has 1 N–H and O–H groups in total. The highest BCUT2D eigenvalue weighted by Crippen LogP contribution is 2.57. The summed E-state index contributed by atoms with van der Waals surface area (Å²) in [5, 5.41) is 10.1. The normalized spacial score (nSPS) is 32.5. The average Bonchev–Trinajstić information content (AvgIpc) is 2.30. The third-order valence-corrected chi connectivity index (χ3v) is 6.36. The van der Waals surface area contributed by atoms with Gasteiger partial charge in [-0.05, 0) is 81.6 Å². The summed E-state index contributed by atoms with van der Waals surface area (Å²) in [6, 6.07) is 4.15. The molecule has 19 heavy (non-hydrogen) atoms. The molecule has 0 amide bonds. The van der Waals surface area contributed by atoms with Crippen molar-refractivity contribution in [2.24, 2.45) is 11.3 Å². The van der Waals surface area contributed by atoms with Crippen molar-refractivity contribution in [3.63, 3.8) is 0 Å². The fraction of sp³-hybridized carbons (Fsp3) is 0.647. The lowest BCUT2D eigenvalue weighted by Gasteiger charge is -2.54. The number of hydrogen-bond donors (Lipinski definition) is 1. The number of phenolic OH excluding ortho intramolecular Hbond substituents is 1. The van der Waals surface area contributed by atoms with Crippen molar-refractivity contribution in [3.8, 4) is 5.75 Å². The second-order valence-electron chi connectivity index (χ2n) is 7.31. The molecule has 1 saturated carbocycles. The number of rotatable bonds is 0. The van der Waals surface area contributed by atoms with Crippen molar-refractivity contribution in [2.75, 3.05) is 0 Å². The topological polar surface area (TPSA) is 20.2 Å². The molecule has 1 fully saturated rings. The van der Waals surface area contributed by atoms with Crippen LogP contribution < -0.4 is 0 Å². The van der Waals surface area contributed by atoms with Gasteiger partial charge in [0.1, 0.15) is 5.75 Å². The zero-order valence-electron chi connectivity index (χ0n) is 12.1. The summed E-state index contributed by atoms with van der Waals surface area (Å²) in [4.78, 5) is 0. The Labute approximate surface area is 124 Å². The molecular weight excluding hydrogens is 300 g/mol. The van der Waals surface area contributed by atoms with Crippen LogP contribution in [0.2, 0.25) is 0 Å². The van der Waals surface area contributed by atoms with Crippen LogP contribution in [0.3, 0.4) is 0 Å². The van der Waals surface area contributed by atoms with Crippen LogP contribution >= 0.6 is 15.9 Å². The second-order valence-corrected chi connectivity index (χ2v) is 8.17. The lowest BCUT2D eigenvalue weighted by Crippen LogP contribution is -2.47. The van der Waals surface area contributed by atoms with Crippen LogP contribution in [-0.4, -0.2) is 5.11 Å². The van der Waals surface area contributed by atoms with Gasteiger partial charge in [0.05, 0.1) is 4.47 Å². The van der Waals surface area contributed by atoms with Crippen LogP contribution in [0.5, 0.6) is 5.75 Å². The van der Waals surface area contributed by atoms with Gasteiger partial charge in [-0.3, -0.25) is 0 Å². The maximum Gasteiger partial charge on any atom is 0.130 e. The number of hydrogen-bond acceptors (Lipinski definition) is 1. The van der Waals surface area contributed by atoms with Gasteiger partial charge in [-0.15, -0.1) is 0 Å². The van der Waals surface area contributed by atoms with E-state index in [2.05, 4.69) is 42.8 Å². The first-order valence-corrected chi connectivity index (χ1v) is 8.16. The highest BCUT2D eigenvalue weighted by Gasteiger charge is 2.49. The van der Waals surface area contributed by atoms with Crippen LogP contribution in [0.4, 0.5) is 0 Å². The van der Waals surface area contributed by atoms with Crippen LogP contribution in [0, 0.1) is 11.3 Å². The van der Waals surface area contributed by atoms with Crippen molar-refractivity contribution in [2.45, 2.75) is 58.3 Å². The average molecular weight is 323 g/mol. The minimum atomic E-state index is 0.244. The molecule has 1 unspecified atom stereocenters. The lowest BCUT2D eigenvalue weighted by molar-refractivity contribution is 0.0405. The Kier molecular flexibility index (Phi) is 3.01. The number of fused-ring (bicyclic) bond motifs is 3. The third kappa shape index (κ3) is 1.94. The minimum Gasteiger partial charge on any atom is -0.507 e. The fourth-order valence-electron chi connectivity index (χ4n) is 4.80. The largest absolute Gasteiger partial charge is 0.507 e. The molecule has 0 radical (unpaired) electrons. The predicted molar refractivity (Wildman–Crippen MR) is 82.6 cm³/mol. The summed E-state index contributed by atoms with van der Waals surface area (Å²) < 4.78 is 0.836. The molecule has 1 aromatic rings. The Balaban J connectivity index is 2.14. The highest BCUT2D eigenvalue weighted by atomic mass is 79.9.